The summed E-state index contributed by atoms with van der Waals surface area (Å²) in [5, 5.41) is 1.90. The Hall–Kier alpha value is -5.76. The van der Waals surface area contributed by atoms with Crippen molar-refractivity contribution in [3.63, 3.8) is 0 Å². The fraction of sp³-hybridized carbons (Fsp3) is 0.158. The van der Waals surface area contributed by atoms with Gasteiger partial charge >= 0.3 is 0 Å². The van der Waals surface area contributed by atoms with Gasteiger partial charge in [0, 0.05) is 35.6 Å². The Balaban J connectivity index is 1.31. The van der Waals surface area contributed by atoms with Gasteiger partial charge in [-0.1, -0.05) is 70.2 Å². The number of hydrogen-bond acceptors (Lipinski definition) is 7. The summed E-state index contributed by atoms with van der Waals surface area (Å²) in [7, 11) is 0. The van der Waals surface area contributed by atoms with Crippen molar-refractivity contribution in [2.24, 2.45) is 0 Å². The number of aromatic nitrogens is 7. The fourth-order valence-electron chi connectivity index (χ4n) is 6.21. The van der Waals surface area contributed by atoms with E-state index in [9.17, 15) is 0 Å². The second kappa shape index (κ2) is 11.0. The van der Waals surface area contributed by atoms with Crippen molar-refractivity contribution in [2.75, 3.05) is 0 Å². The number of fused-ring (bicyclic) bond motifs is 4. The maximum absolute atomic E-state index is 6.60. The van der Waals surface area contributed by atoms with Crippen molar-refractivity contribution in [1.82, 2.24) is 34.5 Å². The number of furan rings is 1. The van der Waals surface area contributed by atoms with E-state index in [1.165, 1.54) is 16.8 Å². The lowest BCUT2D eigenvalue weighted by Gasteiger charge is -2.22. The van der Waals surface area contributed by atoms with Gasteiger partial charge in [0.15, 0.2) is 11.6 Å². The molecule has 0 saturated heterocycles. The lowest BCUT2D eigenvalue weighted by atomic mass is 9.92. The van der Waals surface area contributed by atoms with E-state index in [0.29, 0.717) is 34.9 Å². The molecule has 0 N–H and O–H groups in total. The monoisotopic (exact) mass is 601 g/mol. The first kappa shape index (κ1) is 27.8. The second-order valence-electron chi connectivity index (χ2n) is 12.1. The molecule has 0 fully saturated rings. The third-order valence-corrected chi connectivity index (χ3v) is 8.44. The normalized spacial score (nSPS) is 11.9. The van der Waals surface area contributed by atoms with E-state index >= 15 is 0 Å². The fourth-order valence-corrected chi connectivity index (χ4v) is 6.21. The van der Waals surface area contributed by atoms with Crippen LogP contribution in [-0.4, -0.2) is 34.5 Å². The summed E-state index contributed by atoms with van der Waals surface area (Å²) in [5.74, 6) is 2.55. The Labute approximate surface area is 265 Å². The quantitative estimate of drug-likeness (QED) is 0.187. The first-order valence-electron chi connectivity index (χ1n) is 15.5. The summed E-state index contributed by atoms with van der Waals surface area (Å²) < 4.78 is 8.92. The van der Waals surface area contributed by atoms with Crippen LogP contribution >= 0.6 is 0 Å². The molecule has 5 heterocycles. The molecule has 0 radical (unpaired) electrons. The molecule has 0 saturated carbocycles. The minimum atomic E-state index is 0.323. The Morgan fingerprint density at radius 2 is 1.35 bits per heavy atom. The number of nitrogens with zero attached hydrogens (tertiary/aromatic N) is 7. The number of pyridine rings is 1. The largest absolute Gasteiger partial charge is 0.437 e. The molecule has 8 heteroatoms. The van der Waals surface area contributed by atoms with E-state index in [1.807, 2.05) is 18.2 Å². The second-order valence-corrected chi connectivity index (χ2v) is 12.1. The van der Waals surface area contributed by atoms with Gasteiger partial charge in [0.2, 0.25) is 5.71 Å². The highest BCUT2D eigenvalue weighted by atomic mass is 16.3. The number of imidazole rings is 1. The molecule has 224 valence electrons. The lowest BCUT2D eigenvalue weighted by molar-refractivity contribution is 0.655. The molecule has 0 aliphatic heterocycles. The van der Waals surface area contributed by atoms with Crippen molar-refractivity contribution in [3.05, 3.63) is 115 Å². The molecular weight excluding hydrogens is 570 g/mol. The van der Waals surface area contributed by atoms with E-state index in [-0.39, 0.29) is 0 Å². The Morgan fingerprint density at radius 3 is 2.09 bits per heavy atom. The molecule has 3 aromatic carbocycles. The van der Waals surface area contributed by atoms with Gasteiger partial charge in [0.1, 0.15) is 17.1 Å². The summed E-state index contributed by atoms with van der Waals surface area (Å²) in [5.41, 5.74) is 9.26. The van der Waals surface area contributed by atoms with E-state index in [1.54, 1.807) is 30.9 Å². The predicted molar refractivity (Wildman–Crippen MR) is 182 cm³/mol. The van der Waals surface area contributed by atoms with Crippen LogP contribution in [0.25, 0.3) is 73.1 Å². The van der Waals surface area contributed by atoms with Crippen LogP contribution in [0.1, 0.15) is 50.7 Å². The average molecular weight is 602 g/mol. The zero-order valence-corrected chi connectivity index (χ0v) is 26.0. The summed E-state index contributed by atoms with van der Waals surface area (Å²) in [6.45, 7) is 8.99. The average Bonchev–Trinajstić information content (AvgIpc) is 3.66. The minimum Gasteiger partial charge on any atom is -0.437 e. The van der Waals surface area contributed by atoms with Crippen LogP contribution in [0.3, 0.4) is 0 Å². The van der Waals surface area contributed by atoms with Crippen LogP contribution in [0.2, 0.25) is 0 Å². The van der Waals surface area contributed by atoms with Crippen LogP contribution in [0, 0.1) is 0 Å². The molecule has 0 aliphatic carbocycles. The Morgan fingerprint density at radius 1 is 0.630 bits per heavy atom. The molecule has 8 aromatic rings. The number of hydrogen-bond donors (Lipinski definition) is 0. The van der Waals surface area contributed by atoms with Gasteiger partial charge in [0.25, 0.3) is 0 Å². The van der Waals surface area contributed by atoms with Crippen molar-refractivity contribution >= 4 is 33.1 Å². The number of para-hydroxylation sites is 4. The van der Waals surface area contributed by atoms with E-state index < -0.39 is 0 Å². The van der Waals surface area contributed by atoms with Crippen molar-refractivity contribution < 1.29 is 4.42 Å². The van der Waals surface area contributed by atoms with Crippen molar-refractivity contribution in [1.29, 1.82) is 0 Å². The highest BCUT2D eigenvalue weighted by Gasteiger charge is 2.24. The van der Waals surface area contributed by atoms with Gasteiger partial charge in [-0.05, 0) is 59.4 Å². The van der Waals surface area contributed by atoms with Crippen LogP contribution in [0.15, 0.2) is 108 Å². The molecule has 8 rings (SSSR count). The SMILES string of the molecule is CC(C)c1cccc(C(C)C)c1-n1c(-c2cccc3c2oc2nc(-c4ncc(-c5ncccn5)cn4)ccc23)nc2ccccc21. The first-order chi connectivity index (χ1) is 22.5. The standard InChI is InChI=1S/C38H31N7O/c1-22(2)25-10-7-11-26(23(3)4)33(25)45-32-15-6-5-14-30(32)43-37(45)29-13-8-12-27-28-16-17-31(44-38(28)46-34(27)29)36-41-20-24(21-42-36)35-39-18-9-19-40-35/h5-23H,1-4H3. The zero-order chi connectivity index (χ0) is 31.4. The van der Waals surface area contributed by atoms with E-state index in [2.05, 4.69) is 107 Å². The molecular formula is C38H31N7O. The molecule has 0 bridgehead atoms. The predicted octanol–water partition coefficient (Wildman–Crippen LogP) is 9.15. The van der Waals surface area contributed by atoms with Gasteiger partial charge in [0.05, 0.1) is 27.8 Å². The molecule has 0 aliphatic rings. The van der Waals surface area contributed by atoms with Gasteiger partial charge in [-0.2, -0.15) is 0 Å². The van der Waals surface area contributed by atoms with Crippen LogP contribution in [0.5, 0.6) is 0 Å². The Bertz CT molecular complexity index is 2350. The maximum Gasteiger partial charge on any atom is 0.228 e. The van der Waals surface area contributed by atoms with Crippen LogP contribution in [-0.2, 0) is 0 Å². The summed E-state index contributed by atoms with van der Waals surface area (Å²) >= 11 is 0. The van der Waals surface area contributed by atoms with Crippen molar-refractivity contribution in [3.8, 4) is 40.0 Å². The van der Waals surface area contributed by atoms with Crippen LogP contribution in [0.4, 0.5) is 0 Å². The van der Waals surface area contributed by atoms with Gasteiger partial charge in [-0.25, -0.2) is 29.9 Å². The molecule has 0 spiro atoms. The smallest absolute Gasteiger partial charge is 0.228 e. The molecule has 0 amide bonds. The summed E-state index contributed by atoms with van der Waals surface area (Å²) in [6, 6.07) is 26.9. The van der Waals surface area contributed by atoms with Gasteiger partial charge in [-0.3, -0.25) is 4.57 Å². The van der Waals surface area contributed by atoms with Crippen LogP contribution < -0.4 is 0 Å². The third kappa shape index (κ3) is 4.53. The molecule has 5 aromatic heterocycles. The summed E-state index contributed by atoms with van der Waals surface area (Å²) in [4.78, 5) is 27.8. The highest BCUT2D eigenvalue weighted by molar-refractivity contribution is 6.09. The topological polar surface area (TPSA) is 95.4 Å². The highest BCUT2D eigenvalue weighted by Crippen LogP contribution is 2.41. The van der Waals surface area contributed by atoms with Crippen molar-refractivity contribution in [2.45, 2.75) is 39.5 Å². The lowest BCUT2D eigenvalue weighted by Crippen LogP contribution is -2.08. The molecule has 46 heavy (non-hydrogen) atoms. The summed E-state index contributed by atoms with van der Waals surface area (Å²) in [6.07, 6.45) is 6.82. The molecule has 0 atom stereocenters. The number of benzene rings is 3. The van der Waals surface area contributed by atoms with Gasteiger partial charge < -0.3 is 4.42 Å². The van der Waals surface area contributed by atoms with Gasteiger partial charge in [-0.15, -0.1) is 0 Å². The minimum absolute atomic E-state index is 0.323. The van der Waals surface area contributed by atoms with E-state index in [4.69, 9.17) is 14.4 Å². The third-order valence-electron chi connectivity index (χ3n) is 8.44. The molecule has 0 unspecified atom stereocenters. The number of rotatable bonds is 6. The molecule has 8 nitrogen and oxygen atoms in total. The Kier molecular flexibility index (Phi) is 6.64. The maximum atomic E-state index is 6.60. The first-order valence-corrected chi connectivity index (χ1v) is 15.5. The van der Waals surface area contributed by atoms with E-state index in [0.717, 1.165) is 44.3 Å². The zero-order valence-electron chi connectivity index (χ0n) is 26.0.